The summed E-state index contributed by atoms with van der Waals surface area (Å²) in [6.45, 7) is 2.14. The highest BCUT2D eigenvalue weighted by atomic mass is 14.6. The molecule has 0 aromatic heterocycles. The lowest BCUT2D eigenvalue weighted by molar-refractivity contribution is -0.00569. The third-order valence-corrected chi connectivity index (χ3v) is 6.06. The summed E-state index contributed by atoms with van der Waals surface area (Å²) in [5.41, 5.74) is 9.73. The fourth-order valence-electron chi connectivity index (χ4n) is 5.82. The zero-order valence-electron chi connectivity index (χ0n) is 11.9. The molecule has 19 heavy (non-hydrogen) atoms. The van der Waals surface area contributed by atoms with Gasteiger partial charge in [-0.15, -0.1) is 0 Å². The summed E-state index contributed by atoms with van der Waals surface area (Å²) in [7, 11) is 0. The van der Waals surface area contributed by atoms with Gasteiger partial charge in [0.15, 0.2) is 0 Å². The highest BCUT2D eigenvalue weighted by Gasteiger charge is 2.52. The monoisotopic (exact) mass is 255 g/mol. The molecule has 4 fully saturated rings. The quantitative estimate of drug-likeness (QED) is 0.843. The van der Waals surface area contributed by atoms with Gasteiger partial charge in [-0.05, 0) is 79.7 Å². The van der Waals surface area contributed by atoms with E-state index in [1.165, 1.54) is 44.1 Å². The van der Waals surface area contributed by atoms with Crippen LogP contribution < -0.4 is 5.73 Å². The van der Waals surface area contributed by atoms with Gasteiger partial charge in [-0.2, -0.15) is 0 Å². The van der Waals surface area contributed by atoms with Gasteiger partial charge in [0.05, 0.1) is 0 Å². The third-order valence-electron chi connectivity index (χ3n) is 6.06. The standard InChI is InChI=1S/C18H25N/c1-12(19)16-4-2-3-5-17(16)18-9-13-6-14(10-18)8-15(7-13)11-18/h2-5,12-15H,6-11,19H2,1H3. The van der Waals surface area contributed by atoms with Gasteiger partial charge in [0.25, 0.3) is 0 Å². The van der Waals surface area contributed by atoms with Crippen molar-refractivity contribution in [1.82, 2.24) is 0 Å². The molecule has 4 saturated carbocycles. The molecule has 0 aliphatic heterocycles. The van der Waals surface area contributed by atoms with Gasteiger partial charge >= 0.3 is 0 Å². The van der Waals surface area contributed by atoms with Crippen molar-refractivity contribution in [3.8, 4) is 0 Å². The average molecular weight is 255 g/mol. The molecule has 0 spiro atoms. The molecule has 1 heteroatoms. The summed E-state index contributed by atoms with van der Waals surface area (Å²) in [5, 5.41) is 0. The Bertz CT molecular complexity index is 453. The molecule has 1 atom stereocenters. The highest BCUT2D eigenvalue weighted by Crippen LogP contribution is 2.61. The summed E-state index contributed by atoms with van der Waals surface area (Å²) in [6.07, 6.45) is 8.84. The minimum absolute atomic E-state index is 0.171. The summed E-state index contributed by atoms with van der Waals surface area (Å²) < 4.78 is 0. The van der Waals surface area contributed by atoms with Gasteiger partial charge < -0.3 is 5.73 Å². The Balaban J connectivity index is 1.80. The maximum absolute atomic E-state index is 6.23. The molecule has 4 bridgehead atoms. The number of benzene rings is 1. The Morgan fingerprint density at radius 2 is 1.53 bits per heavy atom. The molecule has 0 amide bonds. The van der Waals surface area contributed by atoms with Crippen LogP contribution in [0.2, 0.25) is 0 Å². The molecule has 1 unspecified atom stereocenters. The van der Waals surface area contributed by atoms with Crippen LogP contribution in [0.1, 0.15) is 62.6 Å². The second kappa shape index (κ2) is 4.09. The smallest absolute Gasteiger partial charge is 0.0269 e. The van der Waals surface area contributed by atoms with Crippen LogP contribution in [0.15, 0.2) is 24.3 Å². The second-order valence-electron chi connectivity index (χ2n) is 7.57. The number of nitrogens with two attached hydrogens (primary N) is 1. The maximum atomic E-state index is 6.23. The van der Waals surface area contributed by atoms with Crippen molar-refractivity contribution in [1.29, 1.82) is 0 Å². The predicted molar refractivity (Wildman–Crippen MR) is 78.9 cm³/mol. The van der Waals surface area contributed by atoms with Crippen molar-refractivity contribution in [3.05, 3.63) is 35.4 Å². The van der Waals surface area contributed by atoms with E-state index >= 15 is 0 Å². The SMILES string of the molecule is CC(N)c1ccccc1C12CC3CC(CC(C3)C1)C2. The Hall–Kier alpha value is -0.820. The van der Waals surface area contributed by atoms with Crippen LogP contribution in [0, 0.1) is 17.8 Å². The average Bonchev–Trinajstić information content (AvgIpc) is 2.37. The van der Waals surface area contributed by atoms with E-state index in [1.807, 2.05) is 0 Å². The first-order valence-corrected chi connectivity index (χ1v) is 8.01. The molecule has 0 saturated heterocycles. The summed E-state index contributed by atoms with van der Waals surface area (Å²) in [5.74, 6) is 3.02. The van der Waals surface area contributed by atoms with E-state index in [0.717, 1.165) is 17.8 Å². The molecule has 5 rings (SSSR count). The molecule has 1 aromatic carbocycles. The summed E-state index contributed by atoms with van der Waals surface area (Å²) >= 11 is 0. The summed E-state index contributed by atoms with van der Waals surface area (Å²) in [6, 6.07) is 9.19. The minimum Gasteiger partial charge on any atom is -0.324 e. The zero-order valence-corrected chi connectivity index (χ0v) is 11.9. The van der Waals surface area contributed by atoms with E-state index in [2.05, 4.69) is 31.2 Å². The molecular formula is C18H25N. The number of hydrogen-bond donors (Lipinski definition) is 1. The first-order valence-electron chi connectivity index (χ1n) is 8.01. The van der Waals surface area contributed by atoms with Crippen molar-refractivity contribution in [3.63, 3.8) is 0 Å². The van der Waals surface area contributed by atoms with Gasteiger partial charge in [-0.1, -0.05) is 24.3 Å². The molecule has 2 N–H and O–H groups in total. The predicted octanol–water partition coefficient (Wildman–Crippen LogP) is 4.17. The molecule has 0 heterocycles. The fraction of sp³-hybridized carbons (Fsp3) is 0.667. The van der Waals surface area contributed by atoms with E-state index in [9.17, 15) is 0 Å². The Kier molecular flexibility index (Phi) is 2.57. The molecule has 1 nitrogen and oxygen atoms in total. The van der Waals surface area contributed by atoms with E-state index in [4.69, 9.17) is 5.73 Å². The van der Waals surface area contributed by atoms with Crippen molar-refractivity contribution in [2.24, 2.45) is 23.5 Å². The second-order valence-corrected chi connectivity index (χ2v) is 7.57. The van der Waals surface area contributed by atoms with Crippen molar-refractivity contribution < 1.29 is 0 Å². The first-order chi connectivity index (χ1) is 9.16. The Labute approximate surface area is 116 Å². The normalized spacial score (nSPS) is 41.5. The number of hydrogen-bond acceptors (Lipinski definition) is 1. The van der Waals surface area contributed by atoms with Crippen LogP contribution in [-0.2, 0) is 5.41 Å². The van der Waals surface area contributed by atoms with Crippen LogP contribution in [0.4, 0.5) is 0 Å². The van der Waals surface area contributed by atoms with E-state index in [1.54, 1.807) is 5.56 Å². The van der Waals surface area contributed by atoms with Crippen LogP contribution >= 0.6 is 0 Å². The van der Waals surface area contributed by atoms with Gasteiger partial charge in [0.2, 0.25) is 0 Å². The van der Waals surface area contributed by atoms with E-state index < -0.39 is 0 Å². The summed E-state index contributed by atoms with van der Waals surface area (Å²) in [4.78, 5) is 0. The first kappa shape index (κ1) is 12.0. The van der Waals surface area contributed by atoms with Crippen LogP contribution in [-0.4, -0.2) is 0 Å². The largest absolute Gasteiger partial charge is 0.324 e. The van der Waals surface area contributed by atoms with Gasteiger partial charge in [-0.3, -0.25) is 0 Å². The molecule has 4 aliphatic carbocycles. The Morgan fingerprint density at radius 1 is 1.00 bits per heavy atom. The lowest BCUT2D eigenvalue weighted by Crippen LogP contribution is -2.49. The zero-order chi connectivity index (χ0) is 13.0. The van der Waals surface area contributed by atoms with Crippen LogP contribution in [0.3, 0.4) is 0 Å². The maximum Gasteiger partial charge on any atom is 0.0269 e. The third kappa shape index (κ3) is 1.78. The number of rotatable bonds is 2. The van der Waals surface area contributed by atoms with Crippen LogP contribution in [0.5, 0.6) is 0 Å². The molecule has 1 aromatic rings. The molecule has 4 aliphatic rings. The van der Waals surface area contributed by atoms with Gasteiger partial charge in [-0.25, -0.2) is 0 Å². The molecule has 0 radical (unpaired) electrons. The van der Waals surface area contributed by atoms with Crippen molar-refractivity contribution >= 4 is 0 Å². The Morgan fingerprint density at radius 3 is 2.05 bits per heavy atom. The lowest BCUT2D eigenvalue weighted by atomic mass is 9.47. The van der Waals surface area contributed by atoms with Crippen LogP contribution in [0.25, 0.3) is 0 Å². The topological polar surface area (TPSA) is 26.0 Å². The van der Waals surface area contributed by atoms with Crippen molar-refractivity contribution in [2.75, 3.05) is 0 Å². The van der Waals surface area contributed by atoms with E-state index in [-0.39, 0.29) is 6.04 Å². The van der Waals surface area contributed by atoms with Gasteiger partial charge in [0, 0.05) is 6.04 Å². The van der Waals surface area contributed by atoms with Gasteiger partial charge in [0.1, 0.15) is 0 Å². The van der Waals surface area contributed by atoms with E-state index in [0.29, 0.717) is 5.41 Å². The fourth-order valence-corrected chi connectivity index (χ4v) is 5.82. The minimum atomic E-state index is 0.171. The lowest BCUT2D eigenvalue weighted by Gasteiger charge is -2.57. The van der Waals surface area contributed by atoms with Crippen molar-refractivity contribution in [2.45, 2.75) is 56.9 Å². The molecule has 102 valence electrons. The highest BCUT2D eigenvalue weighted by molar-refractivity contribution is 5.38. The molecular weight excluding hydrogens is 230 g/mol.